The standard InChI is InChI=1S/C12H13N3O4S/c1-6(16)13-12-7(4-5-20-12)10(18)14-8-2-3-9(17)15-11(8)19/h4-5,8H,2-3H2,1H3,(H,13,16)(H,14,18)(H,15,17,19). The lowest BCUT2D eigenvalue weighted by molar-refractivity contribution is -0.134. The van der Waals surface area contributed by atoms with Crippen molar-refractivity contribution in [2.75, 3.05) is 5.32 Å². The largest absolute Gasteiger partial charge is 0.340 e. The van der Waals surface area contributed by atoms with Crippen molar-refractivity contribution < 1.29 is 19.2 Å². The van der Waals surface area contributed by atoms with Gasteiger partial charge in [-0.1, -0.05) is 0 Å². The van der Waals surface area contributed by atoms with Gasteiger partial charge in [0.05, 0.1) is 5.56 Å². The highest BCUT2D eigenvalue weighted by Crippen LogP contribution is 2.23. The van der Waals surface area contributed by atoms with Gasteiger partial charge in [-0.25, -0.2) is 0 Å². The van der Waals surface area contributed by atoms with Crippen LogP contribution in [0.2, 0.25) is 0 Å². The summed E-state index contributed by atoms with van der Waals surface area (Å²) < 4.78 is 0. The summed E-state index contributed by atoms with van der Waals surface area (Å²) in [5.74, 6) is -1.58. The van der Waals surface area contributed by atoms with Gasteiger partial charge in [0.1, 0.15) is 11.0 Å². The first kappa shape index (κ1) is 14.2. The second kappa shape index (κ2) is 5.83. The van der Waals surface area contributed by atoms with E-state index < -0.39 is 17.9 Å². The van der Waals surface area contributed by atoms with Crippen LogP contribution in [0.5, 0.6) is 0 Å². The maximum Gasteiger partial charge on any atom is 0.254 e. The molecule has 0 spiro atoms. The van der Waals surface area contributed by atoms with Gasteiger partial charge in [0.15, 0.2) is 0 Å². The number of hydrogen-bond donors (Lipinski definition) is 3. The van der Waals surface area contributed by atoms with Gasteiger partial charge in [-0.05, 0) is 17.9 Å². The van der Waals surface area contributed by atoms with Crippen LogP contribution in [-0.2, 0) is 14.4 Å². The average molecular weight is 295 g/mol. The number of nitrogens with one attached hydrogen (secondary N) is 3. The molecular formula is C12H13N3O4S. The minimum atomic E-state index is -0.731. The summed E-state index contributed by atoms with van der Waals surface area (Å²) in [7, 11) is 0. The molecule has 1 atom stereocenters. The van der Waals surface area contributed by atoms with Crippen molar-refractivity contribution in [1.82, 2.24) is 10.6 Å². The highest BCUT2D eigenvalue weighted by Gasteiger charge is 2.28. The van der Waals surface area contributed by atoms with Crippen molar-refractivity contribution in [2.24, 2.45) is 0 Å². The molecule has 0 bridgehead atoms. The number of imide groups is 1. The summed E-state index contributed by atoms with van der Waals surface area (Å²) >= 11 is 1.22. The molecular weight excluding hydrogens is 282 g/mol. The molecule has 0 radical (unpaired) electrons. The van der Waals surface area contributed by atoms with Gasteiger partial charge in [0.2, 0.25) is 17.7 Å². The van der Waals surface area contributed by atoms with Crippen LogP contribution in [0.1, 0.15) is 30.1 Å². The van der Waals surface area contributed by atoms with E-state index in [1.807, 2.05) is 0 Å². The molecule has 0 saturated carbocycles. The third-order valence-electron chi connectivity index (χ3n) is 2.74. The Morgan fingerprint density at radius 1 is 1.40 bits per heavy atom. The van der Waals surface area contributed by atoms with Gasteiger partial charge in [-0.3, -0.25) is 24.5 Å². The molecule has 0 aromatic carbocycles. The third-order valence-corrected chi connectivity index (χ3v) is 3.57. The molecule has 1 fully saturated rings. The molecule has 1 aromatic rings. The minimum Gasteiger partial charge on any atom is -0.340 e. The van der Waals surface area contributed by atoms with E-state index in [1.54, 1.807) is 11.4 Å². The summed E-state index contributed by atoms with van der Waals surface area (Å²) in [6, 6.07) is 0.835. The van der Waals surface area contributed by atoms with Crippen molar-refractivity contribution in [2.45, 2.75) is 25.8 Å². The van der Waals surface area contributed by atoms with Crippen LogP contribution < -0.4 is 16.0 Å². The maximum absolute atomic E-state index is 12.1. The summed E-state index contributed by atoms with van der Waals surface area (Å²) in [4.78, 5) is 45.7. The monoisotopic (exact) mass is 295 g/mol. The molecule has 2 rings (SSSR count). The predicted molar refractivity (Wildman–Crippen MR) is 72.3 cm³/mol. The molecule has 20 heavy (non-hydrogen) atoms. The number of anilines is 1. The number of hydrogen-bond acceptors (Lipinski definition) is 5. The zero-order valence-electron chi connectivity index (χ0n) is 10.7. The van der Waals surface area contributed by atoms with E-state index in [0.717, 1.165) is 0 Å². The quantitative estimate of drug-likeness (QED) is 0.695. The predicted octanol–water partition coefficient (Wildman–Crippen LogP) is 0.241. The fourth-order valence-corrected chi connectivity index (χ4v) is 2.64. The van der Waals surface area contributed by atoms with Crippen molar-refractivity contribution in [1.29, 1.82) is 0 Å². The van der Waals surface area contributed by atoms with Gasteiger partial charge in [0.25, 0.3) is 5.91 Å². The number of carbonyl (C=O) groups excluding carboxylic acids is 4. The number of piperidine rings is 1. The van der Waals surface area contributed by atoms with E-state index in [1.165, 1.54) is 18.3 Å². The van der Waals surface area contributed by atoms with Gasteiger partial charge in [0, 0.05) is 13.3 Å². The van der Waals surface area contributed by atoms with Gasteiger partial charge < -0.3 is 10.6 Å². The summed E-state index contributed by atoms with van der Waals surface area (Å²) in [6.07, 6.45) is 0.467. The lowest BCUT2D eigenvalue weighted by Crippen LogP contribution is -2.52. The topological polar surface area (TPSA) is 104 Å². The van der Waals surface area contributed by atoms with Gasteiger partial charge >= 0.3 is 0 Å². The second-order valence-corrected chi connectivity index (χ2v) is 5.24. The molecule has 4 amide bonds. The summed E-state index contributed by atoms with van der Waals surface area (Å²) in [5.41, 5.74) is 0.301. The van der Waals surface area contributed by atoms with Crippen LogP contribution in [0.15, 0.2) is 11.4 Å². The molecule has 1 aliphatic heterocycles. The fourth-order valence-electron chi connectivity index (χ4n) is 1.81. The van der Waals surface area contributed by atoms with Crippen molar-refractivity contribution in [3.05, 3.63) is 17.0 Å². The molecule has 2 heterocycles. The van der Waals surface area contributed by atoms with Crippen molar-refractivity contribution in [3.8, 4) is 0 Å². The minimum absolute atomic E-state index is 0.193. The smallest absolute Gasteiger partial charge is 0.254 e. The zero-order chi connectivity index (χ0) is 14.7. The van der Waals surface area contributed by atoms with Crippen molar-refractivity contribution >= 4 is 40.0 Å². The molecule has 7 nitrogen and oxygen atoms in total. The van der Waals surface area contributed by atoms with Crippen LogP contribution in [-0.4, -0.2) is 29.7 Å². The second-order valence-electron chi connectivity index (χ2n) is 4.32. The van der Waals surface area contributed by atoms with E-state index in [0.29, 0.717) is 10.6 Å². The first-order valence-corrected chi connectivity index (χ1v) is 6.85. The Bertz CT molecular complexity index is 581. The number of amides is 4. The Morgan fingerprint density at radius 3 is 2.80 bits per heavy atom. The fraction of sp³-hybridized carbons (Fsp3) is 0.333. The van der Waals surface area contributed by atoms with E-state index in [2.05, 4.69) is 16.0 Å². The molecule has 1 aliphatic rings. The molecule has 1 unspecified atom stereocenters. The molecule has 3 N–H and O–H groups in total. The SMILES string of the molecule is CC(=O)Nc1sccc1C(=O)NC1CCC(=O)NC1=O. The first-order valence-electron chi connectivity index (χ1n) is 5.97. The first-order chi connectivity index (χ1) is 9.47. The normalized spacial score (nSPS) is 18.4. The van der Waals surface area contributed by atoms with Crippen LogP contribution in [0.25, 0.3) is 0 Å². The Kier molecular flexibility index (Phi) is 4.14. The van der Waals surface area contributed by atoms with Crippen molar-refractivity contribution in [3.63, 3.8) is 0 Å². The summed E-state index contributed by atoms with van der Waals surface area (Å²) in [5, 5.41) is 9.38. The van der Waals surface area contributed by atoms with Gasteiger partial charge in [-0.15, -0.1) is 11.3 Å². The molecule has 1 aromatic heterocycles. The molecule has 0 aliphatic carbocycles. The molecule has 1 saturated heterocycles. The molecule has 106 valence electrons. The van der Waals surface area contributed by atoms with Crippen LogP contribution in [0.4, 0.5) is 5.00 Å². The van der Waals surface area contributed by atoms with Crippen LogP contribution in [0.3, 0.4) is 0 Å². The van der Waals surface area contributed by atoms with E-state index in [4.69, 9.17) is 0 Å². The Labute approximate surface area is 118 Å². The van der Waals surface area contributed by atoms with Crippen LogP contribution in [0, 0.1) is 0 Å². The Balaban J connectivity index is 2.05. The lowest BCUT2D eigenvalue weighted by atomic mass is 10.1. The third kappa shape index (κ3) is 3.21. The van der Waals surface area contributed by atoms with Crippen LogP contribution >= 0.6 is 11.3 Å². The van der Waals surface area contributed by atoms with E-state index in [-0.39, 0.29) is 24.7 Å². The Morgan fingerprint density at radius 2 is 2.15 bits per heavy atom. The maximum atomic E-state index is 12.1. The highest BCUT2D eigenvalue weighted by molar-refractivity contribution is 7.14. The number of rotatable bonds is 3. The van der Waals surface area contributed by atoms with E-state index >= 15 is 0 Å². The lowest BCUT2D eigenvalue weighted by Gasteiger charge is -2.21. The molecule has 8 heteroatoms. The number of carbonyl (C=O) groups is 4. The summed E-state index contributed by atoms with van der Waals surface area (Å²) in [6.45, 7) is 1.35. The Hall–Kier alpha value is -2.22. The van der Waals surface area contributed by atoms with E-state index in [9.17, 15) is 19.2 Å². The highest BCUT2D eigenvalue weighted by atomic mass is 32.1. The van der Waals surface area contributed by atoms with Gasteiger partial charge in [-0.2, -0.15) is 0 Å². The zero-order valence-corrected chi connectivity index (χ0v) is 11.5. The number of thiophene rings is 1. The average Bonchev–Trinajstić information content (AvgIpc) is 2.80.